The zero-order valence-corrected chi connectivity index (χ0v) is 10.8. The van der Waals surface area contributed by atoms with Crippen LogP contribution in [0.2, 0.25) is 5.02 Å². The van der Waals surface area contributed by atoms with Gasteiger partial charge in [0.25, 0.3) is 0 Å². The predicted octanol–water partition coefficient (Wildman–Crippen LogP) is 3.12. The van der Waals surface area contributed by atoms with Gasteiger partial charge in [-0.3, -0.25) is 4.90 Å². The van der Waals surface area contributed by atoms with Crippen molar-refractivity contribution < 1.29 is 0 Å². The highest BCUT2D eigenvalue weighted by atomic mass is 35.5. The van der Waals surface area contributed by atoms with Gasteiger partial charge in [-0.2, -0.15) is 5.26 Å². The molecule has 3 heteroatoms. The third kappa shape index (κ3) is 3.52. The van der Waals surface area contributed by atoms with Crippen molar-refractivity contribution in [3.63, 3.8) is 0 Å². The van der Waals surface area contributed by atoms with Gasteiger partial charge in [0.1, 0.15) is 5.54 Å². The summed E-state index contributed by atoms with van der Waals surface area (Å²) in [5.41, 5.74) is 0.830. The first-order chi connectivity index (χ1) is 7.45. The summed E-state index contributed by atoms with van der Waals surface area (Å²) >= 11 is 5.82. The Hall–Kier alpha value is -1.04. The predicted molar refractivity (Wildman–Crippen MR) is 67.5 cm³/mol. The van der Waals surface area contributed by atoms with E-state index in [0.717, 1.165) is 18.0 Å². The molecular formula is C13H17ClN2. The summed E-state index contributed by atoms with van der Waals surface area (Å²) in [6.45, 7) is 4.71. The molecule has 0 aliphatic heterocycles. The molecule has 0 amide bonds. The van der Waals surface area contributed by atoms with Crippen LogP contribution >= 0.6 is 11.6 Å². The second-order valence-electron chi connectivity index (χ2n) is 4.47. The molecule has 0 radical (unpaired) electrons. The maximum Gasteiger partial charge on any atom is 0.103 e. The number of likely N-dealkylation sites (N-methyl/N-ethyl adjacent to an activating group) is 1. The average molecular weight is 237 g/mol. The Morgan fingerprint density at radius 1 is 1.31 bits per heavy atom. The van der Waals surface area contributed by atoms with E-state index in [0.29, 0.717) is 0 Å². The van der Waals surface area contributed by atoms with Crippen molar-refractivity contribution in [2.24, 2.45) is 0 Å². The molecule has 0 fully saturated rings. The van der Waals surface area contributed by atoms with Crippen LogP contribution in [0.15, 0.2) is 24.3 Å². The number of nitrogens with zero attached hydrogens (tertiary/aromatic N) is 2. The van der Waals surface area contributed by atoms with Gasteiger partial charge < -0.3 is 0 Å². The SMILES string of the molecule is CN(CCc1ccc(Cl)cc1)C(C)(C)C#N. The van der Waals surface area contributed by atoms with Gasteiger partial charge in [0, 0.05) is 11.6 Å². The van der Waals surface area contributed by atoms with E-state index in [-0.39, 0.29) is 0 Å². The first-order valence-electron chi connectivity index (χ1n) is 5.32. The van der Waals surface area contributed by atoms with Crippen LogP contribution in [-0.2, 0) is 6.42 Å². The molecule has 0 unspecified atom stereocenters. The van der Waals surface area contributed by atoms with Gasteiger partial charge >= 0.3 is 0 Å². The zero-order valence-electron chi connectivity index (χ0n) is 10.00. The minimum Gasteiger partial charge on any atom is -0.289 e. The van der Waals surface area contributed by atoms with Crippen LogP contribution in [0.1, 0.15) is 19.4 Å². The van der Waals surface area contributed by atoms with Crippen molar-refractivity contribution >= 4 is 11.6 Å². The van der Waals surface area contributed by atoms with Gasteiger partial charge in [-0.1, -0.05) is 23.7 Å². The summed E-state index contributed by atoms with van der Waals surface area (Å²) in [7, 11) is 1.97. The lowest BCUT2D eigenvalue weighted by atomic mass is 10.0. The van der Waals surface area contributed by atoms with E-state index in [2.05, 4.69) is 11.0 Å². The molecule has 0 aliphatic rings. The standard InChI is InChI=1S/C13H17ClN2/c1-13(2,10-15)16(3)9-8-11-4-6-12(14)7-5-11/h4-7H,8-9H2,1-3H3. The van der Waals surface area contributed by atoms with Crippen molar-refractivity contribution in [2.75, 3.05) is 13.6 Å². The third-order valence-electron chi connectivity index (χ3n) is 2.88. The Morgan fingerprint density at radius 2 is 1.88 bits per heavy atom. The third-order valence-corrected chi connectivity index (χ3v) is 3.13. The smallest absolute Gasteiger partial charge is 0.103 e. The van der Waals surface area contributed by atoms with Gasteiger partial charge in [0.05, 0.1) is 6.07 Å². The molecule has 86 valence electrons. The number of benzene rings is 1. The van der Waals surface area contributed by atoms with E-state index in [1.807, 2.05) is 45.2 Å². The van der Waals surface area contributed by atoms with Crippen LogP contribution in [0, 0.1) is 11.3 Å². The molecule has 0 saturated carbocycles. The van der Waals surface area contributed by atoms with Crippen molar-refractivity contribution in [2.45, 2.75) is 25.8 Å². The highest BCUT2D eigenvalue weighted by Crippen LogP contribution is 2.13. The quantitative estimate of drug-likeness (QED) is 0.803. The molecular weight excluding hydrogens is 220 g/mol. The normalized spacial score (nSPS) is 11.5. The maximum absolute atomic E-state index is 8.99. The summed E-state index contributed by atoms with van der Waals surface area (Å²) in [6.07, 6.45) is 0.929. The first-order valence-corrected chi connectivity index (χ1v) is 5.70. The minimum atomic E-state index is -0.410. The maximum atomic E-state index is 8.99. The number of nitriles is 1. The van der Waals surface area contributed by atoms with E-state index in [4.69, 9.17) is 16.9 Å². The molecule has 0 N–H and O–H groups in total. The van der Waals surface area contributed by atoms with E-state index in [1.165, 1.54) is 5.56 Å². The van der Waals surface area contributed by atoms with Crippen LogP contribution in [-0.4, -0.2) is 24.0 Å². The fourth-order valence-corrected chi connectivity index (χ4v) is 1.44. The molecule has 1 rings (SSSR count). The molecule has 0 bridgehead atoms. The molecule has 0 saturated heterocycles. The Labute approximate surface area is 102 Å². The van der Waals surface area contributed by atoms with E-state index in [9.17, 15) is 0 Å². The van der Waals surface area contributed by atoms with E-state index >= 15 is 0 Å². The Kier molecular flexibility index (Phi) is 4.35. The van der Waals surface area contributed by atoms with Crippen LogP contribution in [0.25, 0.3) is 0 Å². The van der Waals surface area contributed by atoms with E-state index < -0.39 is 5.54 Å². The van der Waals surface area contributed by atoms with Crippen molar-refractivity contribution in [1.82, 2.24) is 4.90 Å². The fraction of sp³-hybridized carbons (Fsp3) is 0.462. The Balaban J connectivity index is 2.53. The fourth-order valence-electron chi connectivity index (χ4n) is 1.31. The minimum absolute atomic E-state index is 0.410. The number of hydrogen-bond donors (Lipinski definition) is 0. The Morgan fingerprint density at radius 3 is 2.38 bits per heavy atom. The van der Waals surface area contributed by atoms with Gasteiger partial charge in [0.2, 0.25) is 0 Å². The lowest BCUT2D eigenvalue weighted by Gasteiger charge is -2.28. The lowest BCUT2D eigenvalue weighted by molar-refractivity contribution is 0.214. The monoisotopic (exact) mass is 236 g/mol. The van der Waals surface area contributed by atoms with Crippen molar-refractivity contribution in [3.8, 4) is 6.07 Å². The molecule has 1 aromatic carbocycles. The summed E-state index contributed by atoms with van der Waals surface area (Å²) in [4.78, 5) is 2.06. The van der Waals surface area contributed by atoms with Crippen LogP contribution in [0.5, 0.6) is 0 Å². The summed E-state index contributed by atoms with van der Waals surface area (Å²) in [6, 6.07) is 10.1. The summed E-state index contributed by atoms with van der Waals surface area (Å²) in [5, 5.41) is 9.75. The molecule has 0 aliphatic carbocycles. The zero-order chi connectivity index (χ0) is 12.2. The molecule has 1 aromatic rings. The van der Waals surface area contributed by atoms with Crippen LogP contribution in [0.4, 0.5) is 0 Å². The highest BCUT2D eigenvalue weighted by molar-refractivity contribution is 6.30. The first kappa shape index (κ1) is 13.0. The van der Waals surface area contributed by atoms with Crippen molar-refractivity contribution in [1.29, 1.82) is 5.26 Å². The molecule has 0 spiro atoms. The molecule has 0 atom stereocenters. The molecule has 2 nitrogen and oxygen atoms in total. The van der Waals surface area contributed by atoms with E-state index in [1.54, 1.807) is 0 Å². The lowest BCUT2D eigenvalue weighted by Crippen LogP contribution is -2.40. The summed E-state index contributed by atoms with van der Waals surface area (Å²) in [5.74, 6) is 0. The largest absolute Gasteiger partial charge is 0.289 e. The number of rotatable bonds is 4. The van der Waals surface area contributed by atoms with Crippen LogP contribution < -0.4 is 0 Å². The second kappa shape index (κ2) is 5.34. The number of halogens is 1. The number of hydrogen-bond acceptors (Lipinski definition) is 2. The average Bonchev–Trinajstić information content (AvgIpc) is 2.28. The van der Waals surface area contributed by atoms with Gasteiger partial charge in [0.15, 0.2) is 0 Å². The van der Waals surface area contributed by atoms with Gasteiger partial charge in [-0.05, 0) is 45.0 Å². The van der Waals surface area contributed by atoms with Gasteiger partial charge in [-0.25, -0.2) is 0 Å². The van der Waals surface area contributed by atoms with Gasteiger partial charge in [-0.15, -0.1) is 0 Å². The van der Waals surface area contributed by atoms with Crippen molar-refractivity contribution in [3.05, 3.63) is 34.9 Å². The topological polar surface area (TPSA) is 27.0 Å². The molecule has 0 heterocycles. The molecule has 0 aromatic heterocycles. The van der Waals surface area contributed by atoms with Crippen LogP contribution in [0.3, 0.4) is 0 Å². The summed E-state index contributed by atoms with van der Waals surface area (Å²) < 4.78 is 0. The highest BCUT2D eigenvalue weighted by Gasteiger charge is 2.21. The Bertz CT molecular complexity index is 376. The second-order valence-corrected chi connectivity index (χ2v) is 4.91. The molecule has 16 heavy (non-hydrogen) atoms.